The minimum absolute atomic E-state index is 0.126. The van der Waals surface area contributed by atoms with Crippen LogP contribution in [0.5, 0.6) is 0 Å². The van der Waals surface area contributed by atoms with Crippen LogP contribution in [-0.2, 0) is 32.8 Å². The predicted molar refractivity (Wildman–Crippen MR) is 115 cm³/mol. The Morgan fingerprint density at radius 2 is 1.79 bits per heavy atom. The van der Waals surface area contributed by atoms with Crippen molar-refractivity contribution in [1.82, 2.24) is 0 Å². The molecular formula is C24H31NO4. The Bertz CT molecular complexity index is 835. The van der Waals surface area contributed by atoms with E-state index in [1.807, 2.05) is 31.2 Å². The molecule has 0 spiro atoms. The van der Waals surface area contributed by atoms with Crippen molar-refractivity contribution in [2.24, 2.45) is 5.16 Å². The second-order valence-corrected chi connectivity index (χ2v) is 8.08. The van der Waals surface area contributed by atoms with E-state index in [-0.39, 0.29) is 5.41 Å². The van der Waals surface area contributed by atoms with Crippen molar-refractivity contribution in [3.8, 4) is 0 Å². The maximum absolute atomic E-state index is 11.3. The standard InChI is InChI=1S/C24H31NO4/c1-6-28-22(23(26)27)15-19-8-7-9-20(14-19)17(2)25-29-16-18-10-12-21(13-11-18)24(3,4)5/h7-14,22H,6,15-16H2,1-5H3,(H,26,27)/b25-17+. The van der Waals surface area contributed by atoms with Gasteiger partial charge in [0.2, 0.25) is 0 Å². The molecule has 0 radical (unpaired) electrons. The fourth-order valence-electron chi connectivity index (χ4n) is 2.91. The van der Waals surface area contributed by atoms with Gasteiger partial charge in [0.15, 0.2) is 6.10 Å². The molecular weight excluding hydrogens is 366 g/mol. The molecule has 2 aromatic rings. The van der Waals surface area contributed by atoms with Crippen LogP contribution < -0.4 is 0 Å². The molecule has 0 amide bonds. The van der Waals surface area contributed by atoms with E-state index in [0.717, 1.165) is 22.4 Å². The number of carboxylic acid groups (broad SMARTS) is 1. The Hall–Kier alpha value is -2.66. The number of rotatable bonds is 9. The first kappa shape index (κ1) is 22.6. The number of ether oxygens (including phenoxy) is 1. The maximum atomic E-state index is 11.3. The molecule has 1 unspecified atom stereocenters. The van der Waals surface area contributed by atoms with Gasteiger partial charge in [-0.25, -0.2) is 4.79 Å². The van der Waals surface area contributed by atoms with Crippen molar-refractivity contribution in [3.05, 3.63) is 70.8 Å². The highest BCUT2D eigenvalue weighted by Gasteiger charge is 2.18. The summed E-state index contributed by atoms with van der Waals surface area (Å²) >= 11 is 0. The largest absolute Gasteiger partial charge is 0.479 e. The highest BCUT2D eigenvalue weighted by atomic mass is 16.6. The zero-order chi connectivity index (χ0) is 21.4. The van der Waals surface area contributed by atoms with Gasteiger partial charge in [0.1, 0.15) is 6.61 Å². The fraction of sp³-hybridized carbons (Fsp3) is 0.417. The molecule has 0 heterocycles. The van der Waals surface area contributed by atoms with E-state index in [0.29, 0.717) is 19.6 Å². The molecule has 2 aromatic carbocycles. The molecule has 0 aliphatic heterocycles. The Balaban J connectivity index is 2.00. The van der Waals surface area contributed by atoms with Crippen LogP contribution >= 0.6 is 0 Å². The highest BCUT2D eigenvalue weighted by molar-refractivity contribution is 5.98. The molecule has 156 valence electrons. The maximum Gasteiger partial charge on any atom is 0.333 e. The van der Waals surface area contributed by atoms with Crippen molar-refractivity contribution >= 4 is 11.7 Å². The molecule has 0 saturated heterocycles. The smallest absolute Gasteiger partial charge is 0.333 e. The van der Waals surface area contributed by atoms with Gasteiger partial charge in [-0.3, -0.25) is 0 Å². The summed E-state index contributed by atoms with van der Waals surface area (Å²) in [6.45, 7) is 11.0. The molecule has 0 aromatic heterocycles. The van der Waals surface area contributed by atoms with E-state index in [2.05, 4.69) is 50.2 Å². The van der Waals surface area contributed by atoms with Crippen LogP contribution in [0.3, 0.4) is 0 Å². The van der Waals surface area contributed by atoms with Gasteiger partial charge in [0.25, 0.3) is 0 Å². The van der Waals surface area contributed by atoms with Crippen LogP contribution in [0, 0.1) is 0 Å². The number of hydrogen-bond acceptors (Lipinski definition) is 4. The van der Waals surface area contributed by atoms with Crippen molar-refractivity contribution in [1.29, 1.82) is 0 Å². The van der Waals surface area contributed by atoms with Gasteiger partial charge in [-0.1, -0.05) is 68.4 Å². The summed E-state index contributed by atoms with van der Waals surface area (Å²) in [5.74, 6) is -0.955. The molecule has 1 atom stereocenters. The first-order valence-corrected chi connectivity index (χ1v) is 9.90. The number of carboxylic acids is 1. The first-order chi connectivity index (χ1) is 13.7. The van der Waals surface area contributed by atoms with Crippen LogP contribution in [0.15, 0.2) is 53.7 Å². The average molecular weight is 398 g/mol. The zero-order valence-electron chi connectivity index (χ0n) is 17.9. The molecule has 29 heavy (non-hydrogen) atoms. The predicted octanol–water partition coefficient (Wildman–Crippen LogP) is 4.96. The van der Waals surface area contributed by atoms with Gasteiger partial charge in [-0.2, -0.15) is 0 Å². The van der Waals surface area contributed by atoms with E-state index >= 15 is 0 Å². The third-order valence-corrected chi connectivity index (χ3v) is 4.66. The van der Waals surface area contributed by atoms with Crippen LogP contribution in [0.4, 0.5) is 0 Å². The Morgan fingerprint density at radius 3 is 2.38 bits per heavy atom. The normalized spacial score (nSPS) is 13.2. The summed E-state index contributed by atoms with van der Waals surface area (Å²) in [5.41, 5.74) is 4.98. The molecule has 1 N–H and O–H groups in total. The third-order valence-electron chi connectivity index (χ3n) is 4.66. The van der Waals surface area contributed by atoms with Crippen molar-refractivity contribution in [2.45, 2.75) is 59.2 Å². The van der Waals surface area contributed by atoms with Crippen LogP contribution in [0.1, 0.15) is 56.9 Å². The van der Waals surface area contributed by atoms with Crippen LogP contribution in [0.2, 0.25) is 0 Å². The molecule has 0 aliphatic carbocycles. The second kappa shape index (κ2) is 10.2. The van der Waals surface area contributed by atoms with E-state index in [1.165, 1.54) is 5.56 Å². The molecule has 0 saturated carbocycles. The van der Waals surface area contributed by atoms with Gasteiger partial charge in [0.05, 0.1) is 5.71 Å². The number of hydrogen-bond donors (Lipinski definition) is 1. The summed E-state index contributed by atoms with van der Waals surface area (Å²) in [4.78, 5) is 16.8. The summed E-state index contributed by atoms with van der Waals surface area (Å²) in [7, 11) is 0. The summed E-state index contributed by atoms with van der Waals surface area (Å²) in [5, 5.41) is 13.5. The SMILES string of the molecule is CCOC(Cc1cccc(/C(C)=N/OCc2ccc(C(C)(C)C)cc2)c1)C(=O)O. The zero-order valence-corrected chi connectivity index (χ0v) is 17.9. The fourth-order valence-corrected chi connectivity index (χ4v) is 2.91. The minimum Gasteiger partial charge on any atom is -0.479 e. The van der Waals surface area contributed by atoms with E-state index < -0.39 is 12.1 Å². The monoisotopic (exact) mass is 397 g/mol. The van der Waals surface area contributed by atoms with Crippen LogP contribution in [0.25, 0.3) is 0 Å². The molecule has 0 bridgehead atoms. The van der Waals surface area contributed by atoms with Crippen LogP contribution in [-0.4, -0.2) is 29.5 Å². The molecule has 5 nitrogen and oxygen atoms in total. The second-order valence-electron chi connectivity index (χ2n) is 8.08. The quantitative estimate of drug-likeness (QED) is 0.480. The lowest BCUT2D eigenvalue weighted by molar-refractivity contribution is -0.149. The average Bonchev–Trinajstić information content (AvgIpc) is 2.67. The minimum atomic E-state index is -0.955. The molecule has 0 fully saturated rings. The Kier molecular flexibility index (Phi) is 7.97. The number of oxime groups is 1. The lowest BCUT2D eigenvalue weighted by Crippen LogP contribution is -2.26. The molecule has 0 aliphatic rings. The van der Waals surface area contributed by atoms with Gasteiger partial charge in [0, 0.05) is 13.0 Å². The Morgan fingerprint density at radius 1 is 1.10 bits per heavy atom. The number of benzene rings is 2. The summed E-state index contributed by atoms with van der Waals surface area (Å²) in [6, 6.07) is 16.0. The summed E-state index contributed by atoms with van der Waals surface area (Å²) in [6.07, 6.45) is -0.537. The number of carbonyl (C=O) groups is 1. The highest BCUT2D eigenvalue weighted by Crippen LogP contribution is 2.22. The number of nitrogens with zero attached hydrogens (tertiary/aromatic N) is 1. The van der Waals surface area contributed by atoms with Crippen molar-refractivity contribution < 1.29 is 19.5 Å². The third kappa shape index (κ3) is 7.02. The van der Waals surface area contributed by atoms with Gasteiger partial charge in [-0.05, 0) is 47.6 Å². The lowest BCUT2D eigenvalue weighted by atomic mass is 9.87. The van der Waals surface area contributed by atoms with E-state index in [1.54, 1.807) is 6.92 Å². The van der Waals surface area contributed by atoms with Gasteiger partial charge < -0.3 is 14.7 Å². The van der Waals surface area contributed by atoms with Gasteiger partial charge >= 0.3 is 5.97 Å². The topological polar surface area (TPSA) is 68.1 Å². The van der Waals surface area contributed by atoms with Crippen molar-refractivity contribution in [3.63, 3.8) is 0 Å². The van der Waals surface area contributed by atoms with E-state index in [4.69, 9.17) is 9.57 Å². The van der Waals surface area contributed by atoms with Gasteiger partial charge in [-0.15, -0.1) is 0 Å². The molecule has 2 rings (SSSR count). The number of aliphatic carboxylic acids is 1. The van der Waals surface area contributed by atoms with E-state index in [9.17, 15) is 9.90 Å². The first-order valence-electron chi connectivity index (χ1n) is 9.90. The van der Waals surface area contributed by atoms with Crippen molar-refractivity contribution in [2.75, 3.05) is 6.61 Å². The Labute approximate surface area is 173 Å². The summed E-state index contributed by atoms with van der Waals surface area (Å²) < 4.78 is 5.30. The molecule has 5 heteroatoms. The lowest BCUT2D eigenvalue weighted by Gasteiger charge is -2.19.